The quantitative estimate of drug-likeness (QED) is 0.868. The van der Waals surface area contributed by atoms with Crippen LogP contribution in [0.5, 0.6) is 0 Å². The van der Waals surface area contributed by atoms with E-state index in [1.54, 1.807) is 0 Å². The van der Waals surface area contributed by atoms with Crippen LogP contribution in [0.25, 0.3) is 4.96 Å². The van der Waals surface area contributed by atoms with Crippen LogP contribution in [0.4, 0.5) is 0 Å². The molecule has 0 radical (unpaired) electrons. The van der Waals surface area contributed by atoms with Crippen molar-refractivity contribution < 1.29 is 14.6 Å². The van der Waals surface area contributed by atoms with E-state index in [0.717, 1.165) is 11.4 Å². The number of aliphatic carboxylic acids is 1. The van der Waals surface area contributed by atoms with Gasteiger partial charge < -0.3 is 9.84 Å². The van der Waals surface area contributed by atoms with Crippen molar-refractivity contribution in [3.8, 4) is 0 Å². The predicted molar refractivity (Wildman–Crippen MR) is 68.4 cm³/mol. The van der Waals surface area contributed by atoms with Crippen LogP contribution >= 0.6 is 11.3 Å². The highest BCUT2D eigenvalue weighted by molar-refractivity contribution is 7.16. The molecule has 0 saturated heterocycles. The molecular formula is C11H13N3O4S. The summed E-state index contributed by atoms with van der Waals surface area (Å²) >= 11 is 1.34. The van der Waals surface area contributed by atoms with Crippen molar-refractivity contribution in [2.45, 2.75) is 33.0 Å². The fraction of sp³-hybridized carbons (Fsp3) is 0.455. The van der Waals surface area contributed by atoms with Crippen molar-refractivity contribution in [1.82, 2.24) is 14.6 Å². The van der Waals surface area contributed by atoms with Crippen LogP contribution in [0.15, 0.2) is 10.9 Å². The largest absolute Gasteiger partial charge is 0.479 e. The molecule has 0 amide bonds. The van der Waals surface area contributed by atoms with Gasteiger partial charge in [0.15, 0.2) is 6.10 Å². The van der Waals surface area contributed by atoms with Crippen molar-refractivity contribution in [3.05, 3.63) is 27.1 Å². The zero-order valence-corrected chi connectivity index (χ0v) is 11.3. The number of rotatable bonds is 5. The molecule has 2 aromatic rings. The molecule has 0 aliphatic heterocycles. The third-order valence-electron chi connectivity index (χ3n) is 2.47. The van der Waals surface area contributed by atoms with E-state index in [1.807, 2.05) is 6.92 Å². The van der Waals surface area contributed by atoms with E-state index in [-0.39, 0.29) is 12.2 Å². The SMILES string of the molecule is CCc1nn2c(=O)cc(COC(C)C(=O)O)nc2s1. The molecule has 1 N–H and O–H groups in total. The summed E-state index contributed by atoms with van der Waals surface area (Å²) in [6, 6.07) is 1.31. The maximum atomic E-state index is 11.8. The monoisotopic (exact) mass is 283 g/mol. The first-order chi connectivity index (χ1) is 9.01. The van der Waals surface area contributed by atoms with E-state index in [4.69, 9.17) is 9.84 Å². The molecule has 19 heavy (non-hydrogen) atoms. The lowest BCUT2D eigenvalue weighted by molar-refractivity contribution is -0.149. The van der Waals surface area contributed by atoms with Crippen molar-refractivity contribution in [3.63, 3.8) is 0 Å². The van der Waals surface area contributed by atoms with Crippen molar-refractivity contribution in [2.75, 3.05) is 0 Å². The zero-order valence-electron chi connectivity index (χ0n) is 10.5. The molecule has 8 heteroatoms. The lowest BCUT2D eigenvalue weighted by Crippen LogP contribution is -2.21. The van der Waals surface area contributed by atoms with Crippen LogP contribution in [-0.4, -0.2) is 31.8 Å². The Balaban J connectivity index is 2.25. The zero-order chi connectivity index (χ0) is 14.0. The summed E-state index contributed by atoms with van der Waals surface area (Å²) in [5.41, 5.74) is 0.118. The molecule has 0 spiro atoms. The van der Waals surface area contributed by atoms with Crippen LogP contribution in [0.1, 0.15) is 24.5 Å². The first kappa shape index (κ1) is 13.6. The van der Waals surface area contributed by atoms with E-state index >= 15 is 0 Å². The topological polar surface area (TPSA) is 93.8 Å². The highest BCUT2D eigenvalue weighted by atomic mass is 32.1. The van der Waals surface area contributed by atoms with Crippen LogP contribution in [0, 0.1) is 0 Å². The summed E-state index contributed by atoms with van der Waals surface area (Å²) in [6.07, 6.45) is -0.206. The summed E-state index contributed by atoms with van der Waals surface area (Å²) in [7, 11) is 0. The first-order valence-electron chi connectivity index (χ1n) is 5.74. The molecule has 0 saturated carbocycles. The predicted octanol–water partition coefficient (Wildman–Crippen LogP) is 0.703. The van der Waals surface area contributed by atoms with E-state index in [1.165, 1.54) is 28.8 Å². The molecule has 0 bridgehead atoms. The molecule has 0 aliphatic carbocycles. The highest BCUT2D eigenvalue weighted by Gasteiger charge is 2.13. The Labute approximate surface area is 112 Å². The summed E-state index contributed by atoms with van der Waals surface area (Å²) in [5.74, 6) is -1.05. The fourth-order valence-corrected chi connectivity index (χ4v) is 2.25. The minimum atomic E-state index is -1.05. The van der Waals surface area contributed by atoms with Gasteiger partial charge in [-0.1, -0.05) is 18.3 Å². The van der Waals surface area contributed by atoms with Crippen molar-refractivity contribution in [1.29, 1.82) is 0 Å². The molecular weight excluding hydrogens is 270 g/mol. The average molecular weight is 283 g/mol. The first-order valence-corrected chi connectivity index (χ1v) is 6.56. The van der Waals surface area contributed by atoms with Crippen molar-refractivity contribution in [2.24, 2.45) is 0 Å². The molecule has 0 aliphatic rings. The number of aryl methyl sites for hydroxylation is 1. The maximum Gasteiger partial charge on any atom is 0.332 e. The van der Waals surface area contributed by atoms with Gasteiger partial charge in [0.2, 0.25) is 4.96 Å². The summed E-state index contributed by atoms with van der Waals surface area (Å²) in [5, 5.41) is 13.6. The number of aromatic nitrogens is 3. The molecule has 0 fully saturated rings. The second kappa shape index (κ2) is 5.45. The number of fused-ring (bicyclic) bond motifs is 1. The molecule has 2 aromatic heterocycles. The minimum absolute atomic E-state index is 0.0153. The van der Waals surface area contributed by atoms with Gasteiger partial charge in [-0.3, -0.25) is 4.79 Å². The Bertz CT molecular complexity index is 663. The minimum Gasteiger partial charge on any atom is -0.479 e. The molecule has 102 valence electrons. The molecule has 1 unspecified atom stereocenters. The molecule has 2 rings (SSSR count). The number of hydrogen-bond donors (Lipinski definition) is 1. The van der Waals surface area contributed by atoms with Gasteiger partial charge in [-0.2, -0.15) is 9.61 Å². The van der Waals surface area contributed by atoms with E-state index in [0.29, 0.717) is 10.7 Å². The summed E-state index contributed by atoms with van der Waals surface area (Å²) in [6.45, 7) is 3.36. The van der Waals surface area contributed by atoms with Crippen molar-refractivity contribution >= 4 is 22.3 Å². The second-order valence-corrected chi connectivity index (χ2v) is 4.96. The lowest BCUT2D eigenvalue weighted by atomic mass is 10.4. The van der Waals surface area contributed by atoms with Crippen LogP contribution in [-0.2, 0) is 22.6 Å². The third kappa shape index (κ3) is 2.96. The van der Waals surface area contributed by atoms with E-state index < -0.39 is 12.1 Å². The number of ether oxygens (including phenoxy) is 1. The van der Waals surface area contributed by atoms with E-state index in [2.05, 4.69) is 10.1 Å². The summed E-state index contributed by atoms with van der Waals surface area (Å²) < 4.78 is 6.34. The van der Waals surface area contributed by atoms with Gasteiger partial charge in [0.25, 0.3) is 5.56 Å². The molecule has 1 atom stereocenters. The van der Waals surface area contributed by atoms with Gasteiger partial charge in [-0.25, -0.2) is 9.78 Å². The number of carboxylic acid groups (broad SMARTS) is 1. The number of carbonyl (C=O) groups is 1. The Morgan fingerprint density at radius 2 is 2.37 bits per heavy atom. The number of hydrogen-bond acceptors (Lipinski definition) is 6. The molecule has 2 heterocycles. The van der Waals surface area contributed by atoms with E-state index in [9.17, 15) is 9.59 Å². The standard InChI is InChI=1S/C11H13N3O4S/c1-3-8-13-14-9(15)4-7(12-11(14)19-8)5-18-6(2)10(16)17/h4,6H,3,5H2,1-2H3,(H,16,17). The van der Waals surface area contributed by atoms with Gasteiger partial charge in [-0.05, 0) is 13.3 Å². The normalized spacial score (nSPS) is 12.7. The van der Waals surface area contributed by atoms with Crippen LogP contribution < -0.4 is 5.56 Å². The average Bonchev–Trinajstić information content (AvgIpc) is 2.79. The van der Waals surface area contributed by atoms with Gasteiger partial charge in [0.1, 0.15) is 5.01 Å². The van der Waals surface area contributed by atoms with Gasteiger partial charge in [0.05, 0.1) is 12.3 Å². The third-order valence-corrected chi connectivity index (χ3v) is 3.52. The number of nitrogens with zero attached hydrogens (tertiary/aromatic N) is 3. The fourth-order valence-electron chi connectivity index (χ4n) is 1.39. The Morgan fingerprint density at radius 3 is 3.00 bits per heavy atom. The van der Waals surface area contributed by atoms with Gasteiger partial charge >= 0.3 is 5.97 Å². The highest BCUT2D eigenvalue weighted by Crippen LogP contribution is 2.12. The number of carboxylic acids is 1. The Kier molecular flexibility index (Phi) is 3.91. The van der Waals surface area contributed by atoms with Gasteiger partial charge in [-0.15, -0.1) is 0 Å². The smallest absolute Gasteiger partial charge is 0.332 e. The lowest BCUT2D eigenvalue weighted by Gasteiger charge is -2.07. The molecule has 0 aromatic carbocycles. The summed E-state index contributed by atoms with van der Waals surface area (Å²) in [4.78, 5) is 27.2. The Morgan fingerprint density at radius 1 is 1.63 bits per heavy atom. The van der Waals surface area contributed by atoms with Crippen LogP contribution in [0.3, 0.4) is 0 Å². The second-order valence-electron chi connectivity index (χ2n) is 3.92. The van der Waals surface area contributed by atoms with Crippen LogP contribution in [0.2, 0.25) is 0 Å². The maximum absolute atomic E-state index is 11.8. The molecule has 7 nitrogen and oxygen atoms in total. The Hall–Kier alpha value is -1.80. The van der Waals surface area contributed by atoms with Gasteiger partial charge in [0, 0.05) is 6.07 Å².